The number of primary amides is 1. The minimum Gasteiger partial charge on any atom is -0.397 e. The van der Waals surface area contributed by atoms with Gasteiger partial charge >= 0.3 is 0 Å². The standard InChI is InChI=1S/C12H18N4OS/c1-18-9-3-2-8(5-9)16-12-10(11(14)17)4-7(13)6-15-12/h4,6,8-9H,2-3,5,13H2,1H3,(H2,14,17)(H,15,16). The maximum Gasteiger partial charge on any atom is 0.252 e. The molecule has 2 rings (SSSR count). The third-order valence-electron chi connectivity index (χ3n) is 3.23. The molecule has 5 N–H and O–H groups in total. The van der Waals surface area contributed by atoms with Gasteiger partial charge in [0.1, 0.15) is 5.82 Å². The average molecular weight is 266 g/mol. The number of hydrogen-bond acceptors (Lipinski definition) is 5. The van der Waals surface area contributed by atoms with Crippen molar-refractivity contribution in [3.8, 4) is 0 Å². The maximum absolute atomic E-state index is 11.4. The van der Waals surface area contributed by atoms with Gasteiger partial charge in [0.15, 0.2) is 0 Å². The quantitative estimate of drug-likeness (QED) is 0.767. The van der Waals surface area contributed by atoms with Crippen molar-refractivity contribution >= 4 is 29.2 Å². The number of nitrogens with two attached hydrogens (primary N) is 2. The van der Waals surface area contributed by atoms with E-state index >= 15 is 0 Å². The first-order valence-electron chi connectivity index (χ1n) is 5.94. The molecule has 1 fully saturated rings. The molecule has 0 spiro atoms. The van der Waals surface area contributed by atoms with Crippen LogP contribution in [0.5, 0.6) is 0 Å². The second-order valence-corrected chi connectivity index (χ2v) is 5.68. The van der Waals surface area contributed by atoms with E-state index in [2.05, 4.69) is 16.6 Å². The summed E-state index contributed by atoms with van der Waals surface area (Å²) in [6.45, 7) is 0. The molecule has 0 radical (unpaired) electrons. The van der Waals surface area contributed by atoms with Gasteiger partial charge in [-0.15, -0.1) is 0 Å². The van der Waals surface area contributed by atoms with Crippen molar-refractivity contribution in [3.05, 3.63) is 17.8 Å². The Morgan fingerprint density at radius 1 is 1.56 bits per heavy atom. The van der Waals surface area contributed by atoms with Crippen LogP contribution in [0.2, 0.25) is 0 Å². The zero-order valence-electron chi connectivity index (χ0n) is 10.3. The van der Waals surface area contributed by atoms with Crippen LogP contribution in [0, 0.1) is 0 Å². The summed E-state index contributed by atoms with van der Waals surface area (Å²) in [6.07, 6.45) is 7.04. The zero-order chi connectivity index (χ0) is 13.1. The number of aromatic nitrogens is 1. The number of thioether (sulfide) groups is 1. The molecule has 2 atom stereocenters. The fraction of sp³-hybridized carbons (Fsp3) is 0.500. The van der Waals surface area contributed by atoms with Crippen LogP contribution < -0.4 is 16.8 Å². The average Bonchev–Trinajstić information content (AvgIpc) is 2.79. The summed E-state index contributed by atoms with van der Waals surface area (Å²) < 4.78 is 0. The SMILES string of the molecule is CSC1CCC(Nc2ncc(N)cc2C(N)=O)C1. The van der Waals surface area contributed by atoms with Gasteiger partial charge in [0.05, 0.1) is 17.4 Å². The normalized spacial score (nSPS) is 22.9. The topological polar surface area (TPSA) is 94.0 Å². The zero-order valence-corrected chi connectivity index (χ0v) is 11.2. The predicted octanol–water partition coefficient (Wildman–Crippen LogP) is 1.46. The van der Waals surface area contributed by atoms with E-state index in [0.29, 0.717) is 28.4 Å². The maximum atomic E-state index is 11.4. The smallest absolute Gasteiger partial charge is 0.252 e. The molecule has 2 unspecified atom stereocenters. The van der Waals surface area contributed by atoms with Gasteiger partial charge in [-0.3, -0.25) is 4.79 Å². The van der Waals surface area contributed by atoms with Crippen LogP contribution in [0.4, 0.5) is 11.5 Å². The molecule has 6 heteroatoms. The van der Waals surface area contributed by atoms with E-state index in [-0.39, 0.29) is 0 Å². The minimum absolute atomic E-state index is 0.358. The summed E-state index contributed by atoms with van der Waals surface area (Å²) >= 11 is 1.89. The van der Waals surface area contributed by atoms with E-state index in [1.807, 2.05) is 11.8 Å². The summed E-state index contributed by atoms with van der Waals surface area (Å²) in [6, 6.07) is 1.93. The molecule has 0 aromatic carbocycles. The molecule has 0 aliphatic heterocycles. The summed E-state index contributed by atoms with van der Waals surface area (Å²) in [5, 5.41) is 3.99. The highest BCUT2D eigenvalue weighted by molar-refractivity contribution is 7.99. The van der Waals surface area contributed by atoms with Gasteiger partial charge in [-0.25, -0.2) is 4.98 Å². The lowest BCUT2D eigenvalue weighted by Crippen LogP contribution is -2.21. The van der Waals surface area contributed by atoms with Crippen molar-refractivity contribution in [2.24, 2.45) is 5.73 Å². The Bertz CT molecular complexity index is 452. The highest BCUT2D eigenvalue weighted by atomic mass is 32.2. The fourth-order valence-corrected chi connectivity index (χ4v) is 3.06. The van der Waals surface area contributed by atoms with E-state index in [9.17, 15) is 4.79 Å². The molecule has 1 amide bonds. The first-order chi connectivity index (χ1) is 8.60. The lowest BCUT2D eigenvalue weighted by atomic mass is 10.2. The van der Waals surface area contributed by atoms with Gasteiger partial charge in [0.25, 0.3) is 5.91 Å². The third kappa shape index (κ3) is 2.87. The number of rotatable bonds is 4. The van der Waals surface area contributed by atoms with Crippen LogP contribution >= 0.6 is 11.8 Å². The van der Waals surface area contributed by atoms with Gasteiger partial charge < -0.3 is 16.8 Å². The Labute approximate surface area is 111 Å². The van der Waals surface area contributed by atoms with Gasteiger partial charge in [0.2, 0.25) is 0 Å². The largest absolute Gasteiger partial charge is 0.397 e. The molecule has 5 nitrogen and oxygen atoms in total. The van der Waals surface area contributed by atoms with Crippen LogP contribution in [0.1, 0.15) is 29.6 Å². The van der Waals surface area contributed by atoms with E-state index < -0.39 is 5.91 Å². The number of amides is 1. The lowest BCUT2D eigenvalue weighted by molar-refractivity contribution is 0.100. The first kappa shape index (κ1) is 13.0. The lowest BCUT2D eigenvalue weighted by Gasteiger charge is -2.15. The second-order valence-electron chi connectivity index (χ2n) is 4.54. The molecule has 0 bridgehead atoms. The first-order valence-corrected chi connectivity index (χ1v) is 7.23. The number of pyridine rings is 1. The summed E-state index contributed by atoms with van der Waals surface area (Å²) in [5.41, 5.74) is 11.8. The van der Waals surface area contributed by atoms with E-state index in [1.54, 1.807) is 6.07 Å². The number of carbonyl (C=O) groups is 1. The van der Waals surface area contributed by atoms with Crippen molar-refractivity contribution in [1.29, 1.82) is 0 Å². The van der Waals surface area contributed by atoms with Gasteiger partial charge in [-0.1, -0.05) is 0 Å². The van der Waals surface area contributed by atoms with Crippen molar-refractivity contribution in [3.63, 3.8) is 0 Å². The second kappa shape index (κ2) is 5.48. The number of carbonyl (C=O) groups excluding carboxylic acids is 1. The number of anilines is 2. The molecular weight excluding hydrogens is 248 g/mol. The molecule has 1 aliphatic rings. The molecule has 98 valence electrons. The Balaban J connectivity index is 2.12. The molecule has 1 aromatic heterocycles. The highest BCUT2D eigenvalue weighted by Crippen LogP contribution is 2.30. The van der Waals surface area contributed by atoms with E-state index in [4.69, 9.17) is 11.5 Å². The van der Waals surface area contributed by atoms with Crippen LogP contribution in [-0.4, -0.2) is 28.4 Å². The van der Waals surface area contributed by atoms with Crippen molar-refractivity contribution in [1.82, 2.24) is 4.98 Å². The highest BCUT2D eigenvalue weighted by Gasteiger charge is 2.25. The van der Waals surface area contributed by atoms with Crippen LogP contribution in [0.15, 0.2) is 12.3 Å². The predicted molar refractivity (Wildman–Crippen MR) is 75.7 cm³/mol. The Hall–Kier alpha value is -1.43. The van der Waals surface area contributed by atoms with Crippen molar-refractivity contribution < 1.29 is 4.79 Å². The molecule has 0 saturated heterocycles. The molecular formula is C12H18N4OS. The van der Waals surface area contributed by atoms with Gasteiger partial charge in [-0.05, 0) is 31.6 Å². The van der Waals surface area contributed by atoms with E-state index in [0.717, 1.165) is 12.8 Å². The molecule has 1 saturated carbocycles. The minimum atomic E-state index is -0.503. The van der Waals surface area contributed by atoms with Crippen molar-refractivity contribution in [2.75, 3.05) is 17.3 Å². The number of nitrogen functional groups attached to an aromatic ring is 1. The van der Waals surface area contributed by atoms with Gasteiger partial charge in [-0.2, -0.15) is 11.8 Å². The monoisotopic (exact) mass is 266 g/mol. The summed E-state index contributed by atoms with van der Waals surface area (Å²) in [7, 11) is 0. The molecule has 1 aromatic rings. The molecule has 1 aliphatic carbocycles. The molecule has 1 heterocycles. The van der Waals surface area contributed by atoms with Crippen molar-refractivity contribution in [2.45, 2.75) is 30.6 Å². The van der Waals surface area contributed by atoms with Crippen LogP contribution in [0.25, 0.3) is 0 Å². The number of nitrogens with zero attached hydrogens (tertiary/aromatic N) is 1. The third-order valence-corrected chi connectivity index (χ3v) is 4.33. The van der Waals surface area contributed by atoms with Gasteiger partial charge in [0, 0.05) is 11.3 Å². The Morgan fingerprint density at radius 3 is 2.94 bits per heavy atom. The Morgan fingerprint density at radius 2 is 2.33 bits per heavy atom. The van der Waals surface area contributed by atoms with Crippen LogP contribution in [0.3, 0.4) is 0 Å². The summed E-state index contributed by atoms with van der Waals surface area (Å²) in [5.74, 6) is 0.0418. The number of nitrogens with one attached hydrogen (secondary N) is 1. The van der Waals surface area contributed by atoms with E-state index in [1.165, 1.54) is 12.6 Å². The van der Waals surface area contributed by atoms with Crippen LogP contribution in [-0.2, 0) is 0 Å². The fourth-order valence-electron chi connectivity index (χ4n) is 2.26. The Kier molecular flexibility index (Phi) is 3.96. The number of hydrogen-bond donors (Lipinski definition) is 3. The molecule has 18 heavy (non-hydrogen) atoms. The summed E-state index contributed by atoms with van der Waals surface area (Å²) in [4.78, 5) is 15.5.